The number of nitrogens with one attached hydrogen (secondary N) is 1. The van der Waals surface area contributed by atoms with Crippen molar-refractivity contribution in [1.29, 1.82) is 0 Å². The van der Waals surface area contributed by atoms with Crippen molar-refractivity contribution in [3.05, 3.63) is 12.2 Å². The van der Waals surface area contributed by atoms with Crippen LogP contribution in [0.2, 0.25) is 0 Å². The van der Waals surface area contributed by atoms with Gasteiger partial charge in [0.25, 0.3) is 0 Å². The van der Waals surface area contributed by atoms with Crippen LogP contribution in [0.4, 0.5) is 0 Å². The fourth-order valence-electron chi connectivity index (χ4n) is 10.1. The molecule has 2 atom stereocenters. The van der Waals surface area contributed by atoms with Gasteiger partial charge < -0.3 is 15.5 Å². The molecular weight excluding hydrogens is 807 g/mol. The summed E-state index contributed by atoms with van der Waals surface area (Å²) in [6.45, 7) is 4.36. The number of hydrogen-bond acceptors (Lipinski definition) is 3. The predicted molar refractivity (Wildman–Crippen MR) is 295 cm³/mol. The van der Waals surface area contributed by atoms with Gasteiger partial charge in [-0.3, -0.25) is 4.79 Å². The number of hydrogen-bond donors (Lipinski definition) is 3. The molecular formula is C62H123NO3. The zero-order valence-corrected chi connectivity index (χ0v) is 45.5. The second-order valence-electron chi connectivity index (χ2n) is 21.5. The first-order valence-corrected chi connectivity index (χ1v) is 30.9. The van der Waals surface area contributed by atoms with Gasteiger partial charge in [-0.05, 0) is 19.3 Å². The Morgan fingerprint density at radius 2 is 0.561 bits per heavy atom. The molecule has 0 aromatic rings. The van der Waals surface area contributed by atoms with Crippen LogP contribution in [-0.2, 0) is 4.79 Å². The van der Waals surface area contributed by atoms with Crippen molar-refractivity contribution in [3.8, 4) is 0 Å². The Kier molecular flexibility index (Phi) is 57.7. The number of allylic oxidation sites excluding steroid dienone is 1. The Balaban J connectivity index is 3.41. The highest BCUT2D eigenvalue weighted by Crippen LogP contribution is 2.19. The number of rotatable bonds is 58. The third kappa shape index (κ3) is 54.1. The Morgan fingerprint density at radius 3 is 0.788 bits per heavy atom. The highest BCUT2D eigenvalue weighted by Gasteiger charge is 2.18. The minimum atomic E-state index is -0.836. The van der Waals surface area contributed by atoms with Crippen molar-refractivity contribution in [2.24, 2.45) is 0 Å². The minimum absolute atomic E-state index is 0.0551. The van der Waals surface area contributed by atoms with E-state index >= 15 is 0 Å². The number of carbonyl (C=O) groups excluding carboxylic acids is 1. The number of carbonyl (C=O) groups is 1. The molecule has 0 fully saturated rings. The van der Waals surface area contributed by atoms with E-state index in [4.69, 9.17) is 0 Å². The van der Waals surface area contributed by atoms with Gasteiger partial charge in [0.1, 0.15) is 0 Å². The third-order valence-electron chi connectivity index (χ3n) is 14.8. The van der Waals surface area contributed by atoms with E-state index in [0.717, 1.165) is 25.7 Å². The third-order valence-corrected chi connectivity index (χ3v) is 14.8. The molecule has 4 heteroatoms. The summed E-state index contributed by atoms with van der Waals surface area (Å²) in [4.78, 5) is 12.5. The van der Waals surface area contributed by atoms with Gasteiger partial charge in [-0.2, -0.15) is 0 Å². The van der Waals surface area contributed by atoms with Gasteiger partial charge in [0.05, 0.1) is 18.8 Å². The van der Waals surface area contributed by atoms with Crippen molar-refractivity contribution in [2.75, 3.05) is 6.61 Å². The largest absolute Gasteiger partial charge is 0.394 e. The van der Waals surface area contributed by atoms with Crippen LogP contribution >= 0.6 is 0 Å². The Morgan fingerprint density at radius 1 is 0.348 bits per heavy atom. The van der Waals surface area contributed by atoms with E-state index in [1.165, 1.54) is 315 Å². The molecule has 0 aromatic carbocycles. The lowest BCUT2D eigenvalue weighted by Gasteiger charge is -2.20. The Bertz CT molecular complexity index is 921. The van der Waals surface area contributed by atoms with Gasteiger partial charge in [0.2, 0.25) is 5.91 Å². The second kappa shape index (κ2) is 58.4. The van der Waals surface area contributed by atoms with Crippen LogP contribution in [0.15, 0.2) is 12.2 Å². The highest BCUT2D eigenvalue weighted by molar-refractivity contribution is 5.76. The first-order valence-electron chi connectivity index (χ1n) is 30.9. The number of amides is 1. The van der Waals surface area contributed by atoms with Gasteiger partial charge >= 0.3 is 0 Å². The van der Waals surface area contributed by atoms with Crippen LogP contribution in [-0.4, -0.2) is 34.9 Å². The van der Waals surface area contributed by atoms with Gasteiger partial charge in [-0.1, -0.05) is 347 Å². The van der Waals surface area contributed by atoms with Crippen LogP contribution in [0.25, 0.3) is 0 Å². The summed E-state index contributed by atoms with van der Waals surface area (Å²) in [7, 11) is 0. The van der Waals surface area contributed by atoms with Crippen molar-refractivity contribution in [1.82, 2.24) is 5.32 Å². The monoisotopic (exact) mass is 930 g/mol. The summed E-state index contributed by atoms with van der Waals surface area (Å²) in [5, 5.41) is 23.2. The average molecular weight is 931 g/mol. The van der Waals surface area contributed by atoms with Gasteiger partial charge in [-0.25, -0.2) is 0 Å². The molecule has 0 aliphatic rings. The smallest absolute Gasteiger partial charge is 0.220 e. The number of aliphatic hydroxyl groups is 2. The predicted octanol–water partition coefficient (Wildman–Crippen LogP) is 20.5. The Hall–Kier alpha value is -0.870. The number of unbranched alkanes of at least 4 members (excludes halogenated alkanes) is 51. The lowest BCUT2D eigenvalue weighted by atomic mass is 10.0. The maximum absolute atomic E-state index is 12.5. The maximum atomic E-state index is 12.5. The first-order chi connectivity index (χ1) is 32.7. The van der Waals surface area contributed by atoms with E-state index in [-0.39, 0.29) is 12.5 Å². The van der Waals surface area contributed by atoms with Crippen LogP contribution in [0, 0.1) is 0 Å². The molecule has 0 saturated carbocycles. The molecule has 3 N–H and O–H groups in total. The molecule has 4 nitrogen and oxygen atoms in total. The number of aliphatic hydroxyl groups excluding tert-OH is 2. The topological polar surface area (TPSA) is 69.6 Å². The van der Waals surface area contributed by atoms with E-state index in [2.05, 4.69) is 19.2 Å². The van der Waals surface area contributed by atoms with Gasteiger partial charge in [0.15, 0.2) is 0 Å². The minimum Gasteiger partial charge on any atom is -0.394 e. The molecule has 0 saturated heterocycles. The molecule has 0 bridgehead atoms. The summed E-state index contributed by atoms with van der Waals surface area (Å²) in [6, 6.07) is -0.619. The Labute approximate surface area is 416 Å². The van der Waals surface area contributed by atoms with Crippen molar-refractivity contribution < 1.29 is 15.0 Å². The summed E-state index contributed by atoms with van der Waals surface area (Å²) in [5.74, 6) is -0.0551. The van der Waals surface area contributed by atoms with E-state index in [1.54, 1.807) is 6.08 Å². The van der Waals surface area contributed by atoms with E-state index in [9.17, 15) is 15.0 Å². The lowest BCUT2D eigenvalue weighted by Crippen LogP contribution is -2.45. The standard InChI is InChI=1S/C62H123NO3/c1-3-5-7-9-11-13-15-17-19-21-23-25-26-27-28-29-30-31-32-33-34-35-36-38-39-41-43-45-47-49-51-53-55-57-61(65)60(59-64)63-62(66)58-56-54-52-50-48-46-44-42-40-37-24-22-20-18-16-14-12-10-8-6-4-2/h55,57,60-61,64-65H,3-54,56,58-59H2,1-2H3,(H,63,66)/b57-55+. The van der Waals surface area contributed by atoms with E-state index in [1.807, 2.05) is 6.08 Å². The molecule has 394 valence electrons. The van der Waals surface area contributed by atoms with Gasteiger partial charge in [-0.15, -0.1) is 0 Å². The van der Waals surface area contributed by atoms with E-state index in [0.29, 0.717) is 6.42 Å². The molecule has 66 heavy (non-hydrogen) atoms. The van der Waals surface area contributed by atoms with Crippen LogP contribution < -0.4 is 5.32 Å². The maximum Gasteiger partial charge on any atom is 0.220 e. The van der Waals surface area contributed by atoms with Crippen LogP contribution in [0.1, 0.15) is 361 Å². The zero-order valence-electron chi connectivity index (χ0n) is 45.5. The molecule has 0 rings (SSSR count). The fourth-order valence-corrected chi connectivity index (χ4v) is 10.1. The summed E-state index contributed by atoms with van der Waals surface area (Å²) in [5.41, 5.74) is 0. The zero-order chi connectivity index (χ0) is 47.7. The molecule has 2 unspecified atom stereocenters. The van der Waals surface area contributed by atoms with Crippen molar-refractivity contribution in [3.63, 3.8) is 0 Å². The van der Waals surface area contributed by atoms with Crippen molar-refractivity contribution >= 4 is 5.91 Å². The van der Waals surface area contributed by atoms with E-state index < -0.39 is 12.1 Å². The van der Waals surface area contributed by atoms with Crippen LogP contribution in [0.3, 0.4) is 0 Å². The summed E-state index contributed by atoms with van der Waals surface area (Å²) in [6.07, 6.45) is 76.9. The quantitative estimate of drug-likeness (QED) is 0.0420. The van der Waals surface area contributed by atoms with Gasteiger partial charge in [0, 0.05) is 6.42 Å². The normalized spacial score (nSPS) is 12.7. The molecule has 0 heterocycles. The molecule has 0 aliphatic heterocycles. The lowest BCUT2D eigenvalue weighted by molar-refractivity contribution is -0.123. The van der Waals surface area contributed by atoms with Crippen molar-refractivity contribution in [2.45, 2.75) is 373 Å². The molecule has 1 amide bonds. The fraction of sp³-hybridized carbons (Fsp3) is 0.952. The summed E-state index contributed by atoms with van der Waals surface area (Å²) < 4.78 is 0. The molecule has 0 aromatic heterocycles. The SMILES string of the molecule is CCCCCCCCCCCCCCCCCCCCCCCCCCCCCCCCC/C=C/C(O)C(CO)NC(=O)CCCCCCCCCCCCCCCCCCCCCCC. The summed E-state index contributed by atoms with van der Waals surface area (Å²) >= 11 is 0. The molecule has 0 aliphatic carbocycles. The average Bonchev–Trinajstić information content (AvgIpc) is 3.32. The molecule has 0 spiro atoms. The second-order valence-corrected chi connectivity index (χ2v) is 21.5. The molecule has 0 radical (unpaired) electrons. The highest BCUT2D eigenvalue weighted by atomic mass is 16.3. The van der Waals surface area contributed by atoms with Crippen LogP contribution in [0.5, 0.6) is 0 Å². The first kappa shape index (κ1) is 65.1.